The summed E-state index contributed by atoms with van der Waals surface area (Å²) in [6.45, 7) is 2.09. The monoisotopic (exact) mass is 610 g/mol. The van der Waals surface area contributed by atoms with Crippen LogP contribution in [0.15, 0.2) is 48.6 Å². The van der Waals surface area contributed by atoms with E-state index in [9.17, 15) is 13.2 Å². The van der Waals surface area contributed by atoms with Crippen molar-refractivity contribution in [3.8, 4) is 5.75 Å². The number of fused-ring (bicyclic) bond motifs is 5. The second kappa shape index (κ2) is 10.9. The number of carbonyl (C=O) groups excluding carboxylic acids is 1. The Morgan fingerprint density at radius 1 is 1.10 bits per heavy atom. The molecule has 6 atom stereocenters. The number of carbonyl (C=O) groups is 1. The van der Waals surface area contributed by atoms with Crippen LogP contribution in [0.1, 0.15) is 66.4 Å². The van der Waals surface area contributed by atoms with Gasteiger partial charge >= 0.3 is 0 Å². The average molecular weight is 611 g/mol. The van der Waals surface area contributed by atoms with Crippen molar-refractivity contribution >= 4 is 33.2 Å². The molecule has 2 aliphatic heterocycles. The van der Waals surface area contributed by atoms with Crippen molar-refractivity contribution in [3.05, 3.63) is 70.3 Å². The molecule has 2 bridgehead atoms. The fraction of sp³-hybridized carbons (Fsp3) is 0.545. The third-order valence-electron chi connectivity index (χ3n) is 10.7. The van der Waals surface area contributed by atoms with Gasteiger partial charge < -0.3 is 14.4 Å². The van der Waals surface area contributed by atoms with Gasteiger partial charge in [-0.05, 0) is 111 Å². The van der Waals surface area contributed by atoms with Gasteiger partial charge in [0.05, 0.1) is 23.6 Å². The van der Waals surface area contributed by atoms with E-state index in [-0.39, 0.29) is 17.4 Å². The molecular formula is C33H39ClN2O5S. The molecule has 0 radical (unpaired) electrons. The Morgan fingerprint density at radius 3 is 2.71 bits per heavy atom. The zero-order valence-corrected chi connectivity index (χ0v) is 25.6. The third kappa shape index (κ3) is 4.93. The number of amides is 1. The number of rotatable bonds is 1. The summed E-state index contributed by atoms with van der Waals surface area (Å²) in [5, 5.41) is 0.195. The fourth-order valence-corrected chi connectivity index (χ4v) is 9.98. The molecule has 2 saturated carbocycles. The molecule has 2 aromatic rings. The molecule has 3 aliphatic carbocycles. The summed E-state index contributed by atoms with van der Waals surface area (Å²) in [6, 6.07) is 11.6. The van der Waals surface area contributed by atoms with E-state index >= 15 is 0 Å². The maximum Gasteiger partial charge on any atom is 0.264 e. The van der Waals surface area contributed by atoms with Gasteiger partial charge in [0, 0.05) is 36.2 Å². The Morgan fingerprint density at radius 2 is 1.95 bits per heavy atom. The molecule has 2 heterocycles. The molecule has 2 aromatic carbocycles. The number of ether oxygens (including phenoxy) is 2. The zero-order chi connectivity index (χ0) is 29.1. The Bertz CT molecular complexity index is 1530. The van der Waals surface area contributed by atoms with E-state index in [1.807, 2.05) is 18.2 Å². The molecule has 1 amide bonds. The molecule has 2 fully saturated rings. The largest absolute Gasteiger partial charge is 0.490 e. The number of nitrogens with zero attached hydrogens (tertiary/aromatic N) is 1. The van der Waals surface area contributed by atoms with E-state index in [0.29, 0.717) is 36.8 Å². The second-order valence-electron chi connectivity index (χ2n) is 13.0. The average Bonchev–Trinajstić information content (AvgIpc) is 3.07. The van der Waals surface area contributed by atoms with Crippen molar-refractivity contribution < 1.29 is 22.7 Å². The minimum atomic E-state index is -3.80. The van der Waals surface area contributed by atoms with Crippen LogP contribution in [0.3, 0.4) is 0 Å². The summed E-state index contributed by atoms with van der Waals surface area (Å²) in [5.74, 6) is 0.968. The highest BCUT2D eigenvalue weighted by Crippen LogP contribution is 2.47. The summed E-state index contributed by atoms with van der Waals surface area (Å²) in [7, 11) is -2.02. The molecule has 1 N–H and O–H groups in total. The van der Waals surface area contributed by atoms with E-state index in [4.69, 9.17) is 21.1 Å². The molecule has 0 aromatic heterocycles. The van der Waals surface area contributed by atoms with E-state index in [1.54, 1.807) is 13.2 Å². The van der Waals surface area contributed by atoms with Crippen LogP contribution in [0.5, 0.6) is 5.75 Å². The highest BCUT2D eigenvalue weighted by atomic mass is 35.5. The van der Waals surface area contributed by atoms with Crippen LogP contribution < -0.4 is 14.4 Å². The number of aryl methyl sites for hydroxylation is 1. The Labute approximate surface area is 253 Å². The van der Waals surface area contributed by atoms with E-state index < -0.39 is 21.2 Å². The van der Waals surface area contributed by atoms with Crippen molar-refractivity contribution in [2.75, 3.05) is 31.7 Å². The SMILES string of the molecule is CO[C@H]1/C=C/C[C@H]2CC[C@@H]2S(=O)(=O)NC(=O)c2ccc3c(c2)N(C[C@@H]2CC[C@H]21)C[C@@]1(CCCc2cc(Cl)ccc21)CO3. The van der Waals surface area contributed by atoms with Crippen molar-refractivity contribution in [1.29, 1.82) is 0 Å². The van der Waals surface area contributed by atoms with Gasteiger partial charge in [-0.3, -0.25) is 4.79 Å². The number of halogens is 1. The van der Waals surface area contributed by atoms with Gasteiger partial charge in [0.25, 0.3) is 5.91 Å². The Balaban J connectivity index is 1.30. The van der Waals surface area contributed by atoms with Gasteiger partial charge in [-0.15, -0.1) is 0 Å². The highest BCUT2D eigenvalue weighted by molar-refractivity contribution is 7.90. The first-order valence-electron chi connectivity index (χ1n) is 15.3. The van der Waals surface area contributed by atoms with Gasteiger partial charge in [0.15, 0.2) is 0 Å². The zero-order valence-electron chi connectivity index (χ0n) is 24.1. The fourth-order valence-electron chi connectivity index (χ4n) is 8.06. The lowest BCUT2D eigenvalue weighted by Crippen LogP contribution is -2.49. The molecule has 1 spiro atoms. The minimum absolute atomic E-state index is 0.00738. The number of anilines is 1. The van der Waals surface area contributed by atoms with E-state index in [2.05, 4.69) is 33.9 Å². The number of hydrogen-bond donors (Lipinski definition) is 1. The van der Waals surface area contributed by atoms with Gasteiger partial charge in [0.2, 0.25) is 10.0 Å². The maximum absolute atomic E-state index is 13.4. The van der Waals surface area contributed by atoms with Crippen LogP contribution in [0.25, 0.3) is 0 Å². The molecule has 0 unspecified atom stereocenters. The molecule has 5 aliphatic rings. The van der Waals surface area contributed by atoms with Gasteiger partial charge in [0.1, 0.15) is 5.75 Å². The van der Waals surface area contributed by atoms with Crippen molar-refractivity contribution in [1.82, 2.24) is 4.72 Å². The minimum Gasteiger partial charge on any atom is -0.490 e. The number of hydrogen-bond acceptors (Lipinski definition) is 6. The normalized spacial score (nSPS) is 34.3. The second-order valence-corrected chi connectivity index (χ2v) is 15.3. The van der Waals surface area contributed by atoms with Gasteiger partial charge in [-0.2, -0.15) is 0 Å². The van der Waals surface area contributed by atoms with Crippen LogP contribution >= 0.6 is 11.6 Å². The molecule has 7 nitrogen and oxygen atoms in total. The van der Waals surface area contributed by atoms with Crippen LogP contribution in [0, 0.1) is 17.8 Å². The lowest BCUT2D eigenvalue weighted by molar-refractivity contribution is 0.0131. The Hall–Kier alpha value is -2.55. The van der Waals surface area contributed by atoms with E-state index in [1.165, 1.54) is 11.1 Å². The van der Waals surface area contributed by atoms with Crippen molar-refractivity contribution in [2.24, 2.45) is 17.8 Å². The molecule has 42 heavy (non-hydrogen) atoms. The summed E-state index contributed by atoms with van der Waals surface area (Å²) >= 11 is 6.41. The van der Waals surface area contributed by atoms with Crippen LogP contribution in [0.4, 0.5) is 5.69 Å². The predicted octanol–water partition coefficient (Wildman–Crippen LogP) is 5.65. The topological polar surface area (TPSA) is 84.9 Å². The van der Waals surface area contributed by atoms with Gasteiger partial charge in [-0.1, -0.05) is 29.8 Å². The van der Waals surface area contributed by atoms with Crippen LogP contribution in [-0.2, 0) is 26.6 Å². The lowest BCUT2D eigenvalue weighted by Gasteiger charge is -2.46. The van der Waals surface area contributed by atoms with Crippen LogP contribution in [-0.4, -0.2) is 52.5 Å². The first kappa shape index (κ1) is 28.2. The summed E-state index contributed by atoms with van der Waals surface area (Å²) < 4.78 is 41.5. The first-order chi connectivity index (χ1) is 20.3. The number of methoxy groups -OCH3 is 1. The summed E-state index contributed by atoms with van der Waals surface area (Å²) in [6.07, 6.45) is 11.6. The smallest absolute Gasteiger partial charge is 0.264 e. The van der Waals surface area contributed by atoms with E-state index in [0.717, 1.165) is 68.1 Å². The third-order valence-corrected chi connectivity index (χ3v) is 12.8. The quantitative estimate of drug-likeness (QED) is 0.420. The standard InChI is InChI=1S/C33H39ClN2O5S/c1-40-29-6-2-4-21-9-14-31(21)42(38,39)35-32(37)23-8-13-30-28(17-23)36(18-24-7-11-26(24)29)19-33(20-41-30)15-3-5-22-16-25(34)10-12-27(22)33/h2,6,8,10,12-13,16-17,21,24,26,29,31H,3-5,7,9,11,14-15,18-20H2,1H3,(H,35,37)/b6-2+/t21-,24-,26+,29-,31-,33-/m0/s1. The van der Waals surface area contributed by atoms with Gasteiger partial charge in [-0.25, -0.2) is 13.1 Å². The number of benzene rings is 2. The molecular weight excluding hydrogens is 572 g/mol. The summed E-state index contributed by atoms with van der Waals surface area (Å²) in [4.78, 5) is 15.8. The highest BCUT2D eigenvalue weighted by Gasteiger charge is 2.45. The van der Waals surface area contributed by atoms with Crippen LogP contribution in [0.2, 0.25) is 5.02 Å². The predicted molar refractivity (Wildman–Crippen MR) is 164 cm³/mol. The number of nitrogens with one attached hydrogen (secondary N) is 1. The molecule has 224 valence electrons. The van der Waals surface area contributed by atoms with Crippen molar-refractivity contribution in [3.63, 3.8) is 0 Å². The summed E-state index contributed by atoms with van der Waals surface area (Å²) in [5.41, 5.74) is 3.54. The number of sulfonamides is 1. The number of allylic oxidation sites excluding steroid dienone is 1. The van der Waals surface area contributed by atoms with Crippen molar-refractivity contribution in [2.45, 2.75) is 68.1 Å². The first-order valence-corrected chi connectivity index (χ1v) is 17.2. The molecule has 0 saturated heterocycles. The lowest BCUT2D eigenvalue weighted by atomic mass is 9.68. The molecule has 7 rings (SSSR count). The Kier molecular flexibility index (Phi) is 7.30. The molecule has 9 heteroatoms. The maximum atomic E-state index is 13.4.